The number of Topliss-reactive ketones (excluding diaryl/α,β-unsaturated/α-hetero) is 1. The first-order valence-electron chi connectivity index (χ1n) is 10.9. The molecule has 3 aromatic carbocycles. The molecule has 0 amide bonds. The molecule has 1 N–H and O–H groups in total. The molecule has 7 heteroatoms. The van der Waals surface area contributed by atoms with Crippen LogP contribution in [0.25, 0.3) is 0 Å². The van der Waals surface area contributed by atoms with Crippen molar-refractivity contribution in [1.82, 2.24) is 0 Å². The van der Waals surface area contributed by atoms with Gasteiger partial charge < -0.3 is 9.84 Å². The minimum absolute atomic E-state index is 0.00873. The van der Waals surface area contributed by atoms with Crippen LogP contribution in [-0.2, 0) is 16.1 Å². The van der Waals surface area contributed by atoms with Gasteiger partial charge in [0.2, 0.25) is 0 Å². The van der Waals surface area contributed by atoms with E-state index in [1.54, 1.807) is 30.3 Å². The van der Waals surface area contributed by atoms with Gasteiger partial charge in [0.25, 0.3) is 0 Å². The number of aliphatic hydroxyl groups excluding tert-OH is 1. The monoisotopic (exact) mass is 549 g/mol. The Labute approximate surface area is 216 Å². The third-order valence-electron chi connectivity index (χ3n) is 6.25. The van der Waals surface area contributed by atoms with Crippen molar-refractivity contribution in [3.8, 4) is 6.07 Å². The average molecular weight is 551 g/mol. The summed E-state index contributed by atoms with van der Waals surface area (Å²) in [6, 6.07) is 24.9. The second-order valence-electron chi connectivity index (χ2n) is 8.36. The number of allylic oxidation sites excluding steroid dienone is 1. The topological polar surface area (TPSA) is 87.4 Å². The third-order valence-corrected chi connectivity index (χ3v) is 7.22. The Hall–Kier alpha value is -3.40. The van der Waals surface area contributed by atoms with Crippen LogP contribution in [0.15, 0.2) is 94.7 Å². The molecule has 0 aliphatic heterocycles. The van der Waals surface area contributed by atoms with Crippen LogP contribution in [0.5, 0.6) is 0 Å². The number of halogens is 2. The van der Waals surface area contributed by atoms with Crippen molar-refractivity contribution in [2.45, 2.75) is 25.4 Å². The van der Waals surface area contributed by atoms with Gasteiger partial charge in [0.1, 0.15) is 17.8 Å². The quantitative estimate of drug-likeness (QED) is 0.266. The molecule has 5 nitrogen and oxygen atoms in total. The number of nitriles is 1. The highest BCUT2D eigenvalue weighted by Crippen LogP contribution is 2.52. The molecule has 0 unspecified atom stereocenters. The van der Waals surface area contributed by atoms with Crippen LogP contribution in [0, 0.1) is 16.7 Å². The summed E-state index contributed by atoms with van der Waals surface area (Å²) in [5, 5.41) is 21.8. The summed E-state index contributed by atoms with van der Waals surface area (Å²) in [7, 11) is 0. The van der Waals surface area contributed by atoms with Gasteiger partial charge in [0, 0.05) is 33.8 Å². The van der Waals surface area contributed by atoms with Crippen molar-refractivity contribution in [3.05, 3.63) is 116 Å². The molecule has 1 aliphatic rings. The SMILES string of the molecule is N#C[C@@]1(C(=O)c2ccc(Cl)cc2)CC(C(=O)OCc2ccccc2)=C(O)C[C@H]1c1ccccc1Br. The standard InChI is InChI=1S/C28H21BrClNO4/c29-24-9-5-4-8-21(24)23-14-25(32)22(27(34)35-16-18-6-2-1-3-7-18)15-28(23,17-31)26(33)19-10-12-20(30)13-11-19/h1-13,23,32H,14-16H2/t23-,28-/m0/s1. The third kappa shape index (κ3) is 5.02. The summed E-state index contributed by atoms with van der Waals surface area (Å²) in [4.78, 5) is 26.9. The lowest BCUT2D eigenvalue weighted by atomic mass is 9.61. The Kier molecular flexibility index (Phi) is 7.39. The molecule has 0 radical (unpaired) electrons. The predicted octanol–water partition coefficient (Wildman–Crippen LogP) is 6.93. The number of benzene rings is 3. The fourth-order valence-electron chi connectivity index (χ4n) is 4.39. The second-order valence-corrected chi connectivity index (χ2v) is 9.65. The van der Waals surface area contributed by atoms with Gasteiger partial charge >= 0.3 is 5.97 Å². The lowest BCUT2D eigenvalue weighted by Gasteiger charge is -2.38. The van der Waals surface area contributed by atoms with E-state index in [-0.39, 0.29) is 30.8 Å². The Morgan fingerprint density at radius 3 is 2.37 bits per heavy atom. The molecular formula is C28H21BrClNO4. The van der Waals surface area contributed by atoms with E-state index >= 15 is 0 Å². The molecule has 0 saturated heterocycles. The molecule has 176 valence electrons. The Bertz CT molecular complexity index is 1330. The number of aliphatic hydroxyl groups is 1. The number of esters is 1. The summed E-state index contributed by atoms with van der Waals surface area (Å²) in [6.07, 6.45) is -0.346. The van der Waals surface area contributed by atoms with E-state index in [2.05, 4.69) is 22.0 Å². The van der Waals surface area contributed by atoms with Gasteiger partial charge in [-0.05, 0) is 41.5 Å². The number of hydrogen-bond donors (Lipinski definition) is 1. The second kappa shape index (κ2) is 10.5. The number of ether oxygens (including phenoxy) is 1. The molecule has 2 atom stereocenters. The zero-order valence-corrected chi connectivity index (χ0v) is 20.9. The van der Waals surface area contributed by atoms with Crippen molar-refractivity contribution >= 4 is 39.3 Å². The van der Waals surface area contributed by atoms with E-state index in [9.17, 15) is 20.0 Å². The fraction of sp³-hybridized carbons (Fsp3) is 0.179. The Balaban J connectivity index is 1.75. The van der Waals surface area contributed by atoms with E-state index in [0.29, 0.717) is 20.6 Å². The molecule has 1 aliphatic carbocycles. The number of hydrogen-bond acceptors (Lipinski definition) is 5. The summed E-state index contributed by atoms with van der Waals surface area (Å²) < 4.78 is 6.14. The van der Waals surface area contributed by atoms with E-state index in [1.165, 1.54) is 0 Å². The van der Waals surface area contributed by atoms with E-state index in [4.69, 9.17) is 16.3 Å². The van der Waals surface area contributed by atoms with Crippen molar-refractivity contribution in [2.75, 3.05) is 0 Å². The van der Waals surface area contributed by atoms with Crippen LogP contribution in [0.1, 0.15) is 40.2 Å². The number of carbonyl (C=O) groups excluding carboxylic acids is 2. The van der Waals surface area contributed by atoms with Gasteiger partial charge in [-0.2, -0.15) is 5.26 Å². The molecule has 35 heavy (non-hydrogen) atoms. The van der Waals surface area contributed by atoms with Gasteiger partial charge in [-0.3, -0.25) is 4.79 Å². The van der Waals surface area contributed by atoms with Crippen molar-refractivity contribution in [1.29, 1.82) is 5.26 Å². The first-order chi connectivity index (χ1) is 16.9. The lowest BCUT2D eigenvalue weighted by Crippen LogP contribution is -2.41. The predicted molar refractivity (Wildman–Crippen MR) is 136 cm³/mol. The molecular weight excluding hydrogens is 530 g/mol. The minimum atomic E-state index is -1.65. The lowest BCUT2D eigenvalue weighted by molar-refractivity contribution is -0.141. The fourth-order valence-corrected chi connectivity index (χ4v) is 5.08. The maximum absolute atomic E-state index is 13.9. The summed E-state index contributed by atoms with van der Waals surface area (Å²) in [6.45, 7) is 0.00873. The highest BCUT2D eigenvalue weighted by Gasteiger charge is 2.52. The first-order valence-corrected chi connectivity index (χ1v) is 12.1. The minimum Gasteiger partial charge on any atom is -0.512 e. The number of rotatable bonds is 6. The van der Waals surface area contributed by atoms with E-state index in [0.717, 1.165) is 5.56 Å². The Morgan fingerprint density at radius 2 is 1.71 bits per heavy atom. The van der Waals surface area contributed by atoms with Crippen LogP contribution in [0.4, 0.5) is 0 Å². The van der Waals surface area contributed by atoms with Crippen molar-refractivity contribution < 1.29 is 19.4 Å². The largest absolute Gasteiger partial charge is 0.512 e. The molecule has 4 rings (SSSR count). The van der Waals surface area contributed by atoms with Crippen LogP contribution in [-0.4, -0.2) is 16.9 Å². The van der Waals surface area contributed by atoms with Gasteiger partial charge in [0.15, 0.2) is 5.78 Å². The van der Waals surface area contributed by atoms with E-state index < -0.39 is 23.1 Å². The maximum Gasteiger partial charge on any atom is 0.337 e. The van der Waals surface area contributed by atoms with Crippen molar-refractivity contribution in [3.63, 3.8) is 0 Å². The van der Waals surface area contributed by atoms with Gasteiger partial charge in [-0.15, -0.1) is 0 Å². The first kappa shape index (κ1) is 24.7. The van der Waals surface area contributed by atoms with E-state index in [1.807, 2.05) is 48.5 Å². The van der Waals surface area contributed by atoms with Gasteiger partial charge in [-0.25, -0.2) is 4.79 Å². The van der Waals surface area contributed by atoms with Crippen LogP contribution >= 0.6 is 27.5 Å². The number of nitrogens with zero attached hydrogens (tertiary/aromatic N) is 1. The average Bonchev–Trinajstić information content (AvgIpc) is 2.88. The molecule has 0 fully saturated rings. The number of carbonyl (C=O) groups is 2. The summed E-state index contributed by atoms with van der Waals surface area (Å²) in [5.41, 5.74) is 0.0659. The molecule has 0 aromatic heterocycles. The van der Waals surface area contributed by atoms with Gasteiger partial charge in [-0.1, -0.05) is 76.1 Å². The van der Waals surface area contributed by atoms with Crippen LogP contribution < -0.4 is 0 Å². The molecule has 0 bridgehead atoms. The van der Waals surface area contributed by atoms with Crippen LogP contribution in [0.2, 0.25) is 5.02 Å². The number of ketones is 1. The molecule has 0 saturated carbocycles. The summed E-state index contributed by atoms with van der Waals surface area (Å²) >= 11 is 9.52. The highest BCUT2D eigenvalue weighted by atomic mass is 79.9. The normalized spacial score (nSPS) is 19.6. The molecule has 0 spiro atoms. The Morgan fingerprint density at radius 1 is 1.06 bits per heavy atom. The highest BCUT2D eigenvalue weighted by molar-refractivity contribution is 9.10. The van der Waals surface area contributed by atoms with Crippen molar-refractivity contribution in [2.24, 2.45) is 5.41 Å². The van der Waals surface area contributed by atoms with Crippen LogP contribution in [0.3, 0.4) is 0 Å². The molecule has 3 aromatic rings. The van der Waals surface area contributed by atoms with Gasteiger partial charge in [0.05, 0.1) is 11.6 Å². The molecule has 0 heterocycles. The zero-order chi connectivity index (χ0) is 25.0. The smallest absolute Gasteiger partial charge is 0.337 e. The maximum atomic E-state index is 13.9. The zero-order valence-electron chi connectivity index (χ0n) is 18.6. The summed E-state index contributed by atoms with van der Waals surface area (Å²) in [5.74, 6) is -2.07.